The number of amides is 1. The fraction of sp³-hybridized carbons (Fsp3) is 0.357. The zero-order chi connectivity index (χ0) is 27.1. The Hall–Kier alpha value is -3.92. The van der Waals surface area contributed by atoms with Crippen molar-refractivity contribution in [1.82, 2.24) is 15.5 Å². The van der Waals surface area contributed by atoms with Crippen molar-refractivity contribution < 1.29 is 18.0 Å². The molecule has 3 N–H and O–H groups in total. The molecule has 1 amide bonds. The van der Waals surface area contributed by atoms with Gasteiger partial charge in [-0.05, 0) is 87.0 Å². The summed E-state index contributed by atoms with van der Waals surface area (Å²) in [6.45, 7) is 9.94. The zero-order valence-electron chi connectivity index (χ0n) is 21.6. The Morgan fingerprint density at radius 1 is 1.16 bits per heavy atom. The number of allylic oxidation sites excluding steroid dienone is 1. The van der Waals surface area contributed by atoms with Gasteiger partial charge in [0.25, 0.3) is 5.89 Å². The second-order valence-corrected chi connectivity index (χ2v) is 9.26. The number of carbonyl (C=O) groups is 1. The lowest BCUT2D eigenvalue weighted by atomic mass is 9.85. The summed E-state index contributed by atoms with van der Waals surface area (Å²) in [5.74, 6) is -0.440. The zero-order valence-corrected chi connectivity index (χ0v) is 21.6. The van der Waals surface area contributed by atoms with Crippen LogP contribution in [0.15, 0.2) is 58.0 Å². The van der Waals surface area contributed by atoms with Crippen molar-refractivity contribution in [3.63, 3.8) is 0 Å². The molecule has 3 heterocycles. The van der Waals surface area contributed by atoms with Crippen LogP contribution in [0.25, 0.3) is 17.0 Å². The second kappa shape index (κ2) is 12.1. The fourth-order valence-electron chi connectivity index (χ4n) is 4.41. The first-order valence-corrected chi connectivity index (χ1v) is 12.6. The van der Waals surface area contributed by atoms with Gasteiger partial charge in [0, 0.05) is 5.56 Å². The standard InChI is InChI=1S/C17H22N4O.C11H10F2N2O/c1-12(5-8-18-2)13-3-4-14-15(11-13)21-17(16(22)20-14)6-9-19-10-7-17;1-2-7-3-5-8(6-4-7)10-14-15-11(16-10)9(12)13/h3-5,11,19,21H,2,6-10H2,1H3,(H,20,22);3-6,9H,2H2,1H3/b12-5+;. The molecule has 3 aromatic rings. The van der Waals surface area contributed by atoms with Crippen LogP contribution in [0, 0.1) is 0 Å². The molecule has 0 saturated carbocycles. The summed E-state index contributed by atoms with van der Waals surface area (Å²) in [6, 6.07) is 13.5. The summed E-state index contributed by atoms with van der Waals surface area (Å²) in [5.41, 5.74) is 5.49. The fourth-order valence-corrected chi connectivity index (χ4v) is 4.41. The highest BCUT2D eigenvalue weighted by molar-refractivity contribution is 6.06. The first kappa shape index (κ1) is 27.1. The molecular weight excluding hydrogens is 490 g/mol. The third-order valence-electron chi connectivity index (χ3n) is 6.75. The lowest BCUT2D eigenvalue weighted by molar-refractivity contribution is -0.121. The van der Waals surface area contributed by atoms with E-state index in [0.717, 1.165) is 60.4 Å². The van der Waals surface area contributed by atoms with Gasteiger partial charge >= 0.3 is 6.43 Å². The van der Waals surface area contributed by atoms with E-state index in [1.165, 1.54) is 0 Å². The first-order chi connectivity index (χ1) is 18.3. The maximum absolute atomic E-state index is 12.5. The van der Waals surface area contributed by atoms with Crippen LogP contribution in [0.3, 0.4) is 0 Å². The molecule has 10 heteroatoms. The van der Waals surface area contributed by atoms with E-state index in [2.05, 4.69) is 56.9 Å². The summed E-state index contributed by atoms with van der Waals surface area (Å²) in [4.78, 5) is 16.3. The number of anilines is 2. The minimum Gasteiger partial charge on any atom is -0.415 e. The molecule has 1 fully saturated rings. The number of halogens is 2. The summed E-state index contributed by atoms with van der Waals surface area (Å²) in [6.07, 6.45) is 1.86. The molecule has 2 aromatic carbocycles. The Bertz CT molecular complexity index is 1300. The molecular formula is C28H32F2N6O2. The molecule has 200 valence electrons. The number of piperidine rings is 1. The van der Waals surface area contributed by atoms with Crippen LogP contribution in [-0.2, 0) is 11.2 Å². The van der Waals surface area contributed by atoms with Crippen LogP contribution in [0.2, 0.25) is 0 Å². The highest BCUT2D eigenvalue weighted by atomic mass is 19.3. The van der Waals surface area contributed by atoms with Crippen LogP contribution >= 0.6 is 0 Å². The third kappa shape index (κ3) is 6.13. The Balaban J connectivity index is 0.000000186. The molecule has 1 aromatic heterocycles. The topological polar surface area (TPSA) is 104 Å². The number of fused-ring (bicyclic) bond motifs is 1. The molecule has 1 spiro atoms. The third-order valence-corrected chi connectivity index (χ3v) is 6.75. The van der Waals surface area contributed by atoms with Crippen molar-refractivity contribution >= 4 is 29.6 Å². The number of nitrogens with one attached hydrogen (secondary N) is 3. The predicted octanol–water partition coefficient (Wildman–Crippen LogP) is 5.51. The second-order valence-electron chi connectivity index (χ2n) is 9.26. The van der Waals surface area contributed by atoms with Crippen molar-refractivity contribution in [3.05, 3.63) is 65.6 Å². The minimum atomic E-state index is -2.73. The lowest BCUT2D eigenvalue weighted by Gasteiger charge is -2.41. The normalized spacial score (nSPS) is 16.2. The van der Waals surface area contributed by atoms with Crippen molar-refractivity contribution in [2.24, 2.45) is 4.99 Å². The maximum Gasteiger partial charge on any atom is 0.314 e. The minimum absolute atomic E-state index is 0.0809. The van der Waals surface area contributed by atoms with E-state index in [4.69, 9.17) is 4.42 Å². The van der Waals surface area contributed by atoms with E-state index in [9.17, 15) is 13.6 Å². The van der Waals surface area contributed by atoms with Gasteiger partial charge in [0.15, 0.2) is 0 Å². The monoisotopic (exact) mass is 522 g/mol. The molecule has 5 rings (SSSR count). The number of rotatable bonds is 6. The average Bonchev–Trinajstić information content (AvgIpc) is 3.44. The molecule has 1 saturated heterocycles. The molecule has 2 aliphatic heterocycles. The van der Waals surface area contributed by atoms with Gasteiger partial charge in [-0.2, -0.15) is 8.78 Å². The van der Waals surface area contributed by atoms with Crippen LogP contribution < -0.4 is 16.0 Å². The van der Waals surface area contributed by atoms with Gasteiger partial charge in [-0.25, -0.2) is 0 Å². The van der Waals surface area contributed by atoms with Gasteiger partial charge in [0.1, 0.15) is 5.54 Å². The van der Waals surface area contributed by atoms with Crippen molar-refractivity contribution in [2.45, 2.75) is 45.1 Å². The van der Waals surface area contributed by atoms with Gasteiger partial charge in [-0.15, -0.1) is 10.2 Å². The molecule has 2 aliphatic rings. The predicted molar refractivity (Wildman–Crippen MR) is 146 cm³/mol. The van der Waals surface area contributed by atoms with E-state index in [1.807, 2.05) is 31.2 Å². The highest BCUT2D eigenvalue weighted by Gasteiger charge is 2.42. The Labute approximate surface area is 220 Å². The summed E-state index contributed by atoms with van der Waals surface area (Å²) in [7, 11) is 0. The van der Waals surface area contributed by atoms with Gasteiger partial charge in [0.05, 0.1) is 17.9 Å². The van der Waals surface area contributed by atoms with Crippen molar-refractivity contribution in [2.75, 3.05) is 30.3 Å². The van der Waals surface area contributed by atoms with E-state index >= 15 is 0 Å². The number of hydrogen-bond donors (Lipinski definition) is 3. The van der Waals surface area contributed by atoms with E-state index < -0.39 is 17.9 Å². The highest BCUT2D eigenvalue weighted by Crippen LogP contribution is 2.37. The summed E-state index contributed by atoms with van der Waals surface area (Å²) in [5, 5.41) is 16.7. The molecule has 0 bridgehead atoms. The average molecular weight is 523 g/mol. The molecule has 0 atom stereocenters. The van der Waals surface area contributed by atoms with Crippen molar-refractivity contribution in [3.8, 4) is 11.5 Å². The number of nitrogens with zero attached hydrogens (tertiary/aromatic N) is 3. The van der Waals surface area contributed by atoms with Crippen LogP contribution in [0.5, 0.6) is 0 Å². The Kier molecular flexibility index (Phi) is 8.62. The number of aliphatic imine (C=N–C) groups is 1. The largest absolute Gasteiger partial charge is 0.415 e. The van der Waals surface area contributed by atoms with Crippen molar-refractivity contribution in [1.29, 1.82) is 0 Å². The number of alkyl halides is 2. The van der Waals surface area contributed by atoms with E-state index in [0.29, 0.717) is 12.1 Å². The number of hydrogen-bond acceptors (Lipinski definition) is 7. The van der Waals surface area contributed by atoms with E-state index in [1.54, 1.807) is 12.1 Å². The molecule has 8 nitrogen and oxygen atoms in total. The van der Waals surface area contributed by atoms with Gasteiger partial charge in [-0.1, -0.05) is 31.2 Å². The first-order valence-electron chi connectivity index (χ1n) is 12.6. The van der Waals surface area contributed by atoms with Crippen LogP contribution in [-0.4, -0.2) is 48.0 Å². The SMILES string of the molecule is C=NC/C=C(\C)c1ccc2c(c1)NC1(CCNCC1)C(=O)N2.CCc1ccc(-c2nnc(C(F)F)o2)cc1. The number of aryl methyl sites for hydroxylation is 1. The lowest BCUT2D eigenvalue weighted by Crippen LogP contribution is -2.57. The summed E-state index contributed by atoms with van der Waals surface area (Å²) >= 11 is 0. The quantitative estimate of drug-likeness (QED) is 0.369. The Morgan fingerprint density at radius 2 is 1.89 bits per heavy atom. The van der Waals surface area contributed by atoms with Gasteiger partial charge in [-0.3, -0.25) is 9.79 Å². The smallest absolute Gasteiger partial charge is 0.314 e. The summed E-state index contributed by atoms with van der Waals surface area (Å²) < 4.78 is 29.3. The van der Waals surface area contributed by atoms with Crippen LogP contribution in [0.1, 0.15) is 50.1 Å². The number of benzene rings is 2. The number of aromatic nitrogens is 2. The molecule has 0 unspecified atom stereocenters. The van der Waals surface area contributed by atoms with Gasteiger partial charge in [0.2, 0.25) is 11.8 Å². The van der Waals surface area contributed by atoms with Crippen LogP contribution in [0.4, 0.5) is 20.2 Å². The van der Waals surface area contributed by atoms with Gasteiger partial charge < -0.3 is 20.4 Å². The molecule has 38 heavy (non-hydrogen) atoms. The molecule has 0 aliphatic carbocycles. The number of carbonyl (C=O) groups excluding carboxylic acids is 1. The Morgan fingerprint density at radius 3 is 2.53 bits per heavy atom. The maximum atomic E-state index is 12.5. The molecule has 0 radical (unpaired) electrons. The van der Waals surface area contributed by atoms with E-state index in [-0.39, 0.29) is 11.8 Å².